The van der Waals surface area contributed by atoms with E-state index in [1.54, 1.807) is 0 Å². The minimum atomic E-state index is -0.581. The summed E-state index contributed by atoms with van der Waals surface area (Å²) in [5, 5.41) is 2.70. The number of esters is 1. The Labute approximate surface area is 175 Å². The zero-order chi connectivity index (χ0) is 22.2. The maximum Gasteiger partial charge on any atom is 0.411 e. The van der Waals surface area contributed by atoms with E-state index < -0.39 is 12.1 Å². The summed E-state index contributed by atoms with van der Waals surface area (Å²) in [4.78, 5) is 22.8. The van der Waals surface area contributed by atoms with E-state index in [-0.39, 0.29) is 18.6 Å². The highest BCUT2D eigenvalue weighted by Gasteiger charge is 2.36. The highest BCUT2D eigenvalue weighted by atomic mass is 16.6. The quantitative estimate of drug-likeness (QED) is 0.311. The second-order valence-corrected chi connectivity index (χ2v) is 9.16. The number of benzene rings is 1. The normalized spacial score (nSPS) is 13.7. The van der Waals surface area contributed by atoms with Gasteiger partial charge in [0, 0.05) is 11.8 Å². The molecule has 0 radical (unpaired) electrons. The van der Waals surface area contributed by atoms with E-state index in [1.165, 1.54) is 5.56 Å². The van der Waals surface area contributed by atoms with Crippen LogP contribution in [0.4, 0.5) is 10.5 Å². The van der Waals surface area contributed by atoms with Crippen molar-refractivity contribution in [1.82, 2.24) is 0 Å². The molecule has 1 aromatic carbocycles. The summed E-state index contributed by atoms with van der Waals surface area (Å²) in [5.74, 6) is 1.48. The number of hydrogen-bond acceptors (Lipinski definition) is 4. The maximum atomic E-state index is 11.9. The molecule has 0 aromatic heterocycles. The molecule has 0 aliphatic rings. The zero-order valence-corrected chi connectivity index (χ0v) is 19.0. The van der Waals surface area contributed by atoms with Crippen molar-refractivity contribution in [1.29, 1.82) is 0 Å². The van der Waals surface area contributed by atoms with Crippen molar-refractivity contribution in [3.05, 3.63) is 42.5 Å². The van der Waals surface area contributed by atoms with E-state index in [2.05, 4.69) is 72.5 Å². The lowest BCUT2D eigenvalue weighted by Crippen LogP contribution is -2.33. The van der Waals surface area contributed by atoms with E-state index in [1.807, 2.05) is 12.1 Å². The van der Waals surface area contributed by atoms with Gasteiger partial charge in [0.15, 0.2) is 0 Å². The van der Waals surface area contributed by atoms with Crippen LogP contribution in [0.25, 0.3) is 0 Å². The number of nitrogens with one attached hydrogen (secondary N) is 1. The lowest BCUT2D eigenvalue weighted by Gasteiger charge is -2.42. The Hall–Kier alpha value is -2.30. The van der Waals surface area contributed by atoms with Crippen LogP contribution in [0, 0.1) is 23.2 Å². The molecule has 5 heteroatoms. The van der Waals surface area contributed by atoms with Crippen LogP contribution in [0.3, 0.4) is 0 Å². The summed E-state index contributed by atoms with van der Waals surface area (Å²) < 4.78 is 9.77. The number of ether oxygens (including phenoxy) is 2. The molecule has 0 saturated heterocycles. The van der Waals surface area contributed by atoms with Gasteiger partial charge in [-0.15, -0.1) is 0 Å². The molecule has 2 atom stereocenters. The molecular weight excluding hydrogens is 366 g/mol. The molecule has 1 aromatic rings. The smallest absolute Gasteiger partial charge is 0.411 e. The molecule has 0 saturated carbocycles. The number of carbonyl (C=O) groups is 2. The molecule has 0 fully saturated rings. The standard InChI is InChI=1S/C24H37NO4/c1-9-20(26)28-14-15-29-23(27)25-19-12-10-18(11-13-19)21(16(2)3)22(17(4)5)24(6,7)8/h9-13,16-17,21-22H,1,14-15H2,2-8H3,(H,25,27). The van der Waals surface area contributed by atoms with Crippen LogP contribution >= 0.6 is 0 Å². The number of rotatable bonds is 9. The topological polar surface area (TPSA) is 64.6 Å². The van der Waals surface area contributed by atoms with Crippen molar-refractivity contribution in [2.75, 3.05) is 18.5 Å². The first-order chi connectivity index (χ1) is 13.5. The fourth-order valence-corrected chi connectivity index (χ4v) is 4.24. The van der Waals surface area contributed by atoms with Crippen LogP contribution in [0.2, 0.25) is 0 Å². The molecule has 5 nitrogen and oxygen atoms in total. The number of hydrogen-bond donors (Lipinski definition) is 1. The number of amides is 1. The van der Waals surface area contributed by atoms with Crippen molar-refractivity contribution in [3.63, 3.8) is 0 Å². The van der Waals surface area contributed by atoms with Gasteiger partial charge < -0.3 is 9.47 Å². The van der Waals surface area contributed by atoms with Gasteiger partial charge in [0.1, 0.15) is 13.2 Å². The molecule has 29 heavy (non-hydrogen) atoms. The van der Waals surface area contributed by atoms with Crippen LogP contribution in [0.15, 0.2) is 36.9 Å². The Morgan fingerprint density at radius 2 is 1.55 bits per heavy atom. The third-order valence-corrected chi connectivity index (χ3v) is 5.09. The van der Waals surface area contributed by atoms with Crippen LogP contribution in [0.1, 0.15) is 59.9 Å². The van der Waals surface area contributed by atoms with Crippen LogP contribution in [0.5, 0.6) is 0 Å². The van der Waals surface area contributed by atoms with Crippen LogP contribution in [-0.4, -0.2) is 25.3 Å². The van der Waals surface area contributed by atoms with Crippen LogP contribution in [-0.2, 0) is 14.3 Å². The van der Waals surface area contributed by atoms with Gasteiger partial charge in [-0.05, 0) is 46.8 Å². The molecule has 0 heterocycles. The maximum absolute atomic E-state index is 11.9. The van der Waals surface area contributed by atoms with E-state index >= 15 is 0 Å². The predicted octanol–water partition coefficient (Wildman–Crippen LogP) is 6.02. The molecule has 0 aliphatic heterocycles. The Morgan fingerprint density at radius 1 is 1.00 bits per heavy atom. The van der Waals surface area contributed by atoms with Crippen molar-refractivity contribution < 1.29 is 19.1 Å². The third-order valence-electron chi connectivity index (χ3n) is 5.09. The lowest BCUT2D eigenvalue weighted by molar-refractivity contribution is -0.138. The van der Waals surface area contributed by atoms with Gasteiger partial charge in [0.2, 0.25) is 0 Å². The van der Waals surface area contributed by atoms with E-state index in [4.69, 9.17) is 9.47 Å². The Kier molecular flexibility index (Phi) is 9.41. The van der Waals surface area contributed by atoms with E-state index in [9.17, 15) is 9.59 Å². The van der Waals surface area contributed by atoms with E-state index in [0.29, 0.717) is 29.4 Å². The SMILES string of the molecule is C=CC(=O)OCCOC(=O)Nc1ccc(C(C(C)C)C(C(C)C)C(C)(C)C)cc1. The van der Waals surface area contributed by atoms with Gasteiger partial charge in [0.25, 0.3) is 0 Å². The second-order valence-electron chi connectivity index (χ2n) is 9.16. The van der Waals surface area contributed by atoms with E-state index in [0.717, 1.165) is 6.08 Å². The van der Waals surface area contributed by atoms with Gasteiger partial charge in [-0.3, -0.25) is 5.32 Å². The third kappa shape index (κ3) is 7.92. The highest BCUT2D eigenvalue weighted by Crippen LogP contribution is 2.46. The number of carbonyl (C=O) groups excluding carboxylic acids is 2. The highest BCUT2D eigenvalue weighted by molar-refractivity contribution is 5.84. The van der Waals surface area contributed by atoms with Crippen molar-refractivity contribution in [2.24, 2.45) is 23.2 Å². The average molecular weight is 404 g/mol. The second kappa shape index (κ2) is 11.0. The monoisotopic (exact) mass is 403 g/mol. The van der Waals surface area contributed by atoms with Gasteiger partial charge >= 0.3 is 12.1 Å². The molecular formula is C24H37NO4. The molecule has 162 valence electrons. The fraction of sp³-hybridized carbons (Fsp3) is 0.583. The molecule has 1 rings (SSSR count). The molecule has 0 aliphatic carbocycles. The summed E-state index contributed by atoms with van der Waals surface area (Å²) in [5.41, 5.74) is 2.14. The van der Waals surface area contributed by atoms with Crippen molar-refractivity contribution in [2.45, 2.75) is 54.4 Å². The minimum absolute atomic E-state index is 0.00330. The average Bonchev–Trinajstić information content (AvgIpc) is 2.62. The van der Waals surface area contributed by atoms with Crippen molar-refractivity contribution in [3.8, 4) is 0 Å². The Morgan fingerprint density at radius 3 is 2.00 bits per heavy atom. The first-order valence-corrected chi connectivity index (χ1v) is 10.3. The molecule has 1 N–H and O–H groups in total. The summed E-state index contributed by atoms with van der Waals surface area (Å²) in [6, 6.07) is 7.99. The Balaban J connectivity index is 2.78. The summed E-state index contributed by atoms with van der Waals surface area (Å²) in [6.45, 7) is 19.4. The molecule has 0 bridgehead atoms. The zero-order valence-electron chi connectivity index (χ0n) is 19.0. The lowest BCUT2D eigenvalue weighted by atomic mass is 9.62. The summed E-state index contributed by atoms with van der Waals surface area (Å²) in [6.07, 6.45) is 0.484. The largest absolute Gasteiger partial charge is 0.459 e. The van der Waals surface area contributed by atoms with Crippen LogP contribution < -0.4 is 5.32 Å². The Bertz CT molecular complexity index is 671. The van der Waals surface area contributed by atoms with Crippen molar-refractivity contribution >= 4 is 17.7 Å². The predicted molar refractivity (Wildman–Crippen MR) is 118 cm³/mol. The minimum Gasteiger partial charge on any atom is -0.459 e. The first kappa shape index (κ1) is 24.7. The van der Waals surface area contributed by atoms with Gasteiger partial charge in [0.05, 0.1) is 0 Å². The summed E-state index contributed by atoms with van der Waals surface area (Å²) >= 11 is 0. The molecule has 1 amide bonds. The molecule has 2 unspecified atom stereocenters. The number of anilines is 1. The molecule has 0 spiro atoms. The first-order valence-electron chi connectivity index (χ1n) is 10.3. The fourth-order valence-electron chi connectivity index (χ4n) is 4.24. The van der Waals surface area contributed by atoms with Gasteiger partial charge in [-0.2, -0.15) is 0 Å². The van der Waals surface area contributed by atoms with Gasteiger partial charge in [-0.1, -0.05) is 67.2 Å². The summed E-state index contributed by atoms with van der Waals surface area (Å²) in [7, 11) is 0. The van der Waals surface area contributed by atoms with Gasteiger partial charge in [-0.25, -0.2) is 9.59 Å².